The van der Waals surface area contributed by atoms with E-state index in [1.807, 2.05) is 31.2 Å². The molecule has 0 aliphatic heterocycles. The molecule has 0 saturated heterocycles. The Morgan fingerprint density at radius 1 is 1.54 bits per heavy atom. The summed E-state index contributed by atoms with van der Waals surface area (Å²) in [5, 5.41) is 0. The SMILES string of the molecule is CC(/C=C\N)=C/Cc1ccccn1. The van der Waals surface area contributed by atoms with E-state index in [1.54, 1.807) is 12.4 Å². The van der Waals surface area contributed by atoms with Gasteiger partial charge in [-0.25, -0.2) is 0 Å². The lowest BCUT2D eigenvalue weighted by atomic mass is 10.2. The summed E-state index contributed by atoms with van der Waals surface area (Å²) >= 11 is 0. The van der Waals surface area contributed by atoms with E-state index in [1.165, 1.54) is 0 Å². The maximum Gasteiger partial charge on any atom is 0.0441 e. The summed E-state index contributed by atoms with van der Waals surface area (Å²) in [7, 11) is 0. The number of hydrogen-bond donors (Lipinski definition) is 1. The molecule has 13 heavy (non-hydrogen) atoms. The number of nitrogens with two attached hydrogens (primary N) is 1. The highest BCUT2D eigenvalue weighted by Crippen LogP contribution is 2.00. The molecule has 0 atom stereocenters. The number of pyridine rings is 1. The highest BCUT2D eigenvalue weighted by molar-refractivity contribution is 5.18. The molecule has 0 radical (unpaired) electrons. The Kier molecular flexibility index (Phi) is 3.76. The lowest BCUT2D eigenvalue weighted by Crippen LogP contribution is -1.86. The normalized spacial score (nSPS) is 12.2. The molecule has 1 aromatic heterocycles. The highest BCUT2D eigenvalue weighted by atomic mass is 14.7. The van der Waals surface area contributed by atoms with Crippen molar-refractivity contribution in [3.63, 3.8) is 0 Å². The molecule has 0 aliphatic carbocycles. The van der Waals surface area contributed by atoms with E-state index >= 15 is 0 Å². The summed E-state index contributed by atoms with van der Waals surface area (Å²) < 4.78 is 0. The lowest BCUT2D eigenvalue weighted by molar-refractivity contribution is 1.10. The van der Waals surface area contributed by atoms with Gasteiger partial charge >= 0.3 is 0 Å². The molecule has 0 bridgehead atoms. The first-order valence-electron chi connectivity index (χ1n) is 4.28. The second kappa shape index (κ2) is 5.14. The topological polar surface area (TPSA) is 38.9 Å². The first-order chi connectivity index (χ1) is 6.33. The van der Waals surface area contributed by atoms with E-state index in [9.17, 15) is 0 Å². The Morgan fingerprint density at radius 2 is 2.38 bits per heavy atom. The molecule has 1 rings (SSSR count). The maximum absolute atomic E-state index is 5.26. The Labute approximate surface area is 78.8 Å². The van der Waals surface area contributed by atoms with E-state index in [0.29, 0.717) is 0 Å². The van der Waals surface area contributed by atoms with Gasteiger partial charge in [0, 0.05) is 18.3 Å². The molecule has 0 saturated carbocycles. The first-order valence-corrected chi connectivity index (χ1v) is 4.28. The molecular formula is C11H14N2. The molecule has 0 amide bonds. The van der Waals surface area contributed by atoms with E-state index in [-0.39, 0.29) is 0 Å². The molecule has 0 fully saturated rings. The number of allylic oxidation sites excluding steroid dienone is 3. The Hall–Kier alpha value is -1.57. The molecule has 2 heteroatoms. The third-order valence-electron chi connectivity index (χ3n) is 1.72. The van der Waals surface area contributed by atoms with Crippen LogP contribution < -0.4 is 5.73 Å². The molecule has 0 aliphatic rings. The molecule has 0 aromatic carbocycles. The van der Waals surface area contributed by atoms with Gasteiger partial charge in [0.25, 0.3) is 0 Å². The van der Waals surface area contributed by atoms with Gasteiger partial charge < -0.3 is 5.73 Å². The standard InChI is InChI=1S/C11H14N2/c1-10(7-8-12)5-6-11-4-2-3-9-13-11/h2-5,7-9H,6,12H2,1H3/b8-7-,10-5-. The summed E-state index contributed by atoms with van der Waals surface area (Å²) in [5.74, 6) is 0. The smallest absolute Gasteiger partial charge is 0.0441 e. The van der Waals surface area contributed by atoms with Gasteiger partial charge in [-0.05, 0) is 31.3 Å². The van der Waals surface area contributed by atoms with Crippen molar-refractivity contribution in [3.05, 3.63) is 54.0 Å². The number of nitrogens with zero attached hydrogens (tertiary/aromatic N) is 1. The zero-order chi connectivity index (χ0) is 9.52. The maximum atomic E-state index is 5.26. The summed E-state index contributed by atoms with van der Waals surface area (Å²) in [6, 6.07) is 5.92. The largest absolute Gasteiger partial charge is 0.405 e. The van der Waals surface area contributed by atoms with Crippen LogP contribution in [-0.4, -0.2) is 4.98 Å². The van der Waals surface area contributed by atoms with Crippen LogP contribution in [0.5, 0.6) is 0 Å². The van der Waals surface area contributed by atoms with E-state index < -0.39 is 0 Å². The van der Waals surface area contributed by atoms with Gasteiger partial charge in [0.2, 0.25) is 0 Å². The second-order valence-electron chi connectivity index (χ2n) is 2.83. The van der Waals surface area contributed by atoms with Crippen LogP contribution in [0.2, 0.25) is 0 Å². The summed E-state index contributed by atoms with van der Waals surface area (Å²) in [6.45, 7) is 2.02. The fourth-order valence-electron chi connectivity index (χ4n) is 1.00. The lowest BCUT2D eigenvalue weighted by Gasteiger charge is -1.94. The van der Waals surface area contributed by atoms with Gasteiger partial charge in [-0.15, -0.1) is 0 Å². The molecule has 68 valence electrons. The van der Waals surface area contributed by atoms with Crippen molar-refractivity contribution >= 4 is 0 Å². The summed E-state index contributed by atoms with van der Waals surface area (Å²) in [4.78, 5) is 4.21. The van der Waals surface area contributed by atoms with Crippen molar-refractivity contribution in [1.29, 1.82) is 0 Å². The van der Waals surface area contributed by atoms with Crippen LogP contribution in [0.1, 0.15) is 12.6 Å². The van der Waals surface area contributed by atoms with Crippen molar-refractivity contribution < 1.29 is 0 Å². The van der Waals surface area contributed by atoms with Gasteiger partial charge in [0.1, 0.15) is 0 Å². The van der Waals surface area contributed by atoms with Gasteiger partial charge in [-0.3, -0.25) is 4.98 Å². The van der Waals surface area contributed by atoms with Gasteiger partial charge in [0.15, 0.2) is 0 Å². The average molecular weight is 174 g/mol. The Bertz CT molecular complexity index is 299. The predicted molar refractivity (Wildman–Crippen MR) is 55.0 cm³/mol. The van der Waals surface area contributed by atoms with E-state index in [0.717, 1.165) is 17.7 Å². The molecule has 2 nitrogen and oxygen atoms in total. The summed E-state index contributed by atoms with van der Waals surface area (Å²) in [5.41, 5.74) is 7.50. The molecule has 2 N–H and O–H groups in total. The van der Waals surface area contributed by atoms with Crippen LogP contribution in [0.3, 0.4) is 0 Å². The van der Waals surface area contributed by atoms with Crippen LogP contribution in [0.4, 0.5) is 0 Å². The third kappa shape index (κ3) is 3.56. The second-order valence-corrected chi connectivity index (χ2v) is 2.83. The molecule has 0 unspecified atom stereocenters. The van der Waals surface area contributed by atoms with Crippen molar-refractivity contribution in [2.75, 3.05) is 0 Å². The minimum atomic E-state index is 0.858. The highest BCUT2D eigenvalue weighted by Gasteiger charge is 1.88. The monoisotopic (exact) mass is 174 g/mol. The van der Waals surface area contributed by atoms with Gasteiger partial charge in [-0.1, -0.05) is 17.7 Å². The van der Waals surface area contributed by atoms with E-state index in [4.69, 9.17) is 5.73 Å². The van der Waals surface area contributed by atoms with Crippen molar-refractivity contribution in [1.82, 2.24) is 4.98 Å². The van der Waals surface area contributed by atoms with Gasteiger partial charge in [0.05, 0.1) is 0 Å². The van der Waals surface area contributed by atoms with Crippen molar-refractivity contribution in [3.8, 4) is 0 Å². The summed E-state index contributed by atoms with van der Waals surface area (Å²) in [6.07, 6.45) is 8.19. The fraction of sp³-hybridized carbons (Fsp3) is 0.182. The average Bonchev–Trinajstić information content (AvgIpc) is 2.17. The van der Waals surface area contributed by atoms with Crippen LogP contribution in [0.15, 0.2) is 48.3 Å². The number of hydrogen-bond acceptors (Lipinski definition) is 2. The molecule has 1 heterocycles. The van der Waals surface area contributed by atoms with Crippen LogP contribution in [-0.2, 0) is 6.42 Å². The van der Waals surface area contributed by atoms with Crippen LogP contribution >= 0.6 is 0 Å². The van der Waals surface area contributed by atoms with E-state index in [2.05, 4.69) is 11.1 Å². The molecular weight excluding hydrogens is 160 g/mol. The minimum Gasteiger partial charge on any atom is -0.405 e. The fourth-order valence-corrected chi connectivity index (χ4v) is 1.00. The van der Waals surface area contributed by atoms with Gasteiger partial charge in [-0.2, -0.15) is 0 Å². The minimum absolute atomic E-state index is 0.858. The molecule has 0 spiro atoms. The third-order valence-corrected chi connectivity index (χ3v) is 1.72. The van der Waals surface area contributed by atoms with Crippen LogP contribution in [0.25, 0.3) is 0 Å². The van der Waals surface area contributed by atoms with Crippen molar-refractivity contribution in [2.45, 2.75) is 13.3 Å². The quantitative estimate of drug-likeness (QED) is 0.712. The zero-order valence-corrected chi connectivity index (χ0v) is 7.77. The van der Waals surface area contributed by atoms with Crippen LogP contribution in [0, 0.1) is 0 Å². The Morgan fingerprint density at radius 3 is 3.00 bits per heavy atom. The zero-order valence-electron chi connectivity index (χ0n) is 7.77. The number of rotatable bonds is 3. The first kappa shape index (κ1) is 9.52. The van der Waals surface area contributed by atoms with Crippen molar-refractivity contribution in [2.24, 2.45) is 5.73 Å². The predicted octanol–water partition coefficient (Wildman–Crippen LogP) is 2.04. The number of aromatic nitrogens is 1. The Balaban J connectivity index is 2.56. The molecule has 1 aromatic rings.